The maximum atomic E-state index is 11.8. The summed E-state index contributed by atoms with van der Waals surface area (Å²) in [5, 5.41) is 9.00. The van der Waals surface area contributed by atoms with Crippen molar-refractivity contribution in [1.29, 1.82) is 5.26 Å². The Morgan fingerprint density at radius 3 is 2.88 bits per heavy atom. The lowest BCUT2D eigenvalue weighted by molar-refractivity contribution is 0.0524. The Morgan fingerprint density at radius 1 is 1.53 bits per heavy atom. The van der Waals surface area contributed by atoms with E-state index in [0.717, 1.165) is 12.0 Å². The van der Waals surface area contributed by atoms with Crippen LogP contribution in [0.25, 0.3) is 0 Å². The molecule has 0 radical (unpaired) electrons. The SMILES string of the molecule is CCOC(=O)c1c(C#N)cccc1CCCCl. The van der Waals surface area contributed by atoms with Gasteiger partial charge >= 0.3 is 5.97 Å². The number of halogens is 1. The van der Waals surface area contributed by atoms with Crippen LogP contribution >= 0.6 is 11.6 Å². The molecule has 17 heavy (non-hydrogen) atoms. The third-order valence-electron chi connectivity index (χ3n) is 2.33. The molecule has 0 heterocycles. The molecular formula is C13H14ClNO2. The van der Waals surface area contributed by atoms with Crippen LogP contribution < -0.4 is 0 Å². The summed E-state index contributed by atoms with van der Waals surface area (Å²) in [5.41, 5.74) is 1.56. The van der Waals surface area contributed by atoms with Crippen LogP contribution in [0.15, 0.2) is 18.2 Å². The lowest BCUT2D eigenvalue weighted by atomic mass is 9.98. The molecule has 0 atom stereocenters. The summed E-state index contributed by atoms with van der Waals surface area (Å²) >= 11 is 5.64. The molecule has 0 aliphatic heterocycles. The van der Waals surface area contributed by atoms with E-state index in [2.05, 4.69) is 0 Å². The minimum atomic E-state index is -0.436. The molecule has 0 unspecified atom stereocenters. The van der Waals surface area contributed by atoms with Gasteiger partial charge in [0.25, 0.3) is 0 Å². The number of carbonyl (C=O) groups excluding carboxylic acids is 1. The van der Waals surface area contributed by atoms with Gasteiger partial charge < -0.3 is 4.74 Å². The van der Waals surface area contributed by atoms with Gasteiger partial charge in [-0.3, -0.25) is 0 Å². The monoisotopic (exact) mass is 251 g/mol. The van der Waals surface area contributed by atoms with E-state index in [0.29, 0.717) is 30.0 Å². The van der Waals surface area contributed by atoms with Gasteiger partial charge in [-0.2, -0.15) is 5.26 Å². The van der Waals surface area contributed by atoms with Crippen molar-refractivity contribution in [3.05, 3.63) is 34.9 Å². The molecule has 0 aromatic heterocycles. The van der Waals surface area contributed by atoms with E-state index in [1.165, 1.54) is 0 Å². The number of alkyl halides is 1. The fraction of sp³-hybridized carbons (Fsp3) is 0.385. The van der Waals surface area contributed by atoms with Crippen LogP contribution in [-0.4, -0.2) is 18.5 Å². The Balaban J connectivity index is 3.12. The second-order valence-electron chi connectivity index (χ2n) is 3.46. The number of esters is 1. The molecule has 3 nitrogen and oxygen atoms in total. The van der Waals surface area contributed by atoms with E-state index in [9.17, 15) is 4.79 Å². The summed E-state index contributed by atoms with van der Waals surface area (Å²) < 4.78 is 4.97. The predicted molar refractivity (Wildman–Crippen MR) is 66.2 cm³/mol. The second-order valence-corrected chi connectivity index (χ2v) is 3.84. The molecule has 0 saturated heterocycles. The normalized spacial score (nSPS) is 9.71. The number of hydrogen-bond donors (Lipinski definition) is 0. The van der Waals surface area contributed by atoms with Crippen LogP contribution in [0.3, 0.4) is 0 Å². The lowest BCUT2D eigenvalue weighted by Gasteiger charge is -2.09. The number of benzene rings is 1. The Hall–Kier alpha value is -1.53. The van der Waals surface area contributed by atoms with E-state index in [4.69, 9.17) is 21.6 Å². The van der Waals surface area contributed by atoms with Gasteiger partial charge in [-0.25, -0.2) is 4.79 Å². The predicted octanol–water partition coefficient (Wildman–Crippen LogP) is 2.91. The first kappa shape index (κ1) is 13.5. The fourth-order valence-corrected chi connectivity index (χ4v) is 1.74. The van der Waals surface area contributed by atoms with Gasteiger partial charge in [-0.1, -0.05) is 12.1 Å². The smallest absolute Gasteiger partial charge is 0.339 e. The largest absolute Gasteiger partial charge is 0.462 e. The number of rotatable bonds is 5. The molecular weight excluding hydrogens is 238 g/mol. The minimum Gasteiger partial charge on any atom is -0.462 e. The summed E-state index contributed by atoms with van der Waals surface area (Å²) in [6.45, 7) is 2.04. The van der Waals surface area contributed by atoms with Crippen LogP contribution in [0.2, 0.25) is 0 Å². The maximum Gasteiger partial charge on any atom is 0.339 e. The van der Waals surface area contributed by atoms with Gasteiger partial charge in [0.05, 0.1) is 17.7 Å². The Labute approximate surface area is 106 Å². The van der Waals surface area contributed by atoms with Crippen molar-refractivity contribution in [3.63, 3.8) is 0 Å². The van der Waals surface area contributed by atoms with Gasteiger partial charge in [-0.15, -0.1) is 11.6 Å². The van der Waals surface area contributed by atoms with Gasteiger partial charge in [0.2, 0.25) is 0 Å². The zero-order valence-electron chi connectivity index (χ0n) is 9.70. The average molecular weight is 252 g/mol. The molecule has 0 aliphatic carbocycles. The number of nitrogens with zero attached hydrogens (tertiary/aromatic N) is 1. The minimum absolute atomic E-state index is 0.299. The summed E-state index contributed by atoms with van der Waals surface area (Å²) in [6.07, 6.45) is 1.44. The maximum absolute atomic E-state index is 11.8. The highest BCUT2D eigenvalue weighted by Crippen LogP contribution is 2.17. The first-order valence-corrected chi connectivity index (χ1v) is 6.03. The molecule has 0 amide bonds. The molecule has 1 rings (SSSR count). The summed E-state index contributed by atoms with van der Waals surface area (Å²) in [7, 11) is 0. The van der Waals surface area contributed by atoms with Gasteiger partial charge in [0.15, 0.2) is 0 Å². The molecule has 1 aromatic carbocycles. The van der Waals surface area contributed by atoms with Crippen molar-refractivity contribution in [3.8, 4) is 6.07 Å². The average Bonchev–Trinajstić information content (AvgIpc) is 2.35. The zero-order valence-corrected chi connectivity index (χ0v) is 10.5. The summed E-state index contributed by atoms with van der Waals surface area (Å²) in [4.78, 5) is 11.8. The lowest BCUT2D eigenvalue weighted by Crippen LogP contribution is -2.10. The molecule has 90 valence electrons. The quantitative estimate of drug-likeness (QED) is 0.597. The van der Waals surface area contributed by atoms with Crippen LogP contribution in [-0.2, 0) is 11.2 Å². The topological polar surface area (TPSA) is 50.1 Å². The molecule has 0 fully saturated rings. The molecule has 0 spiro atoms. The van der Waals surface area contributed by atoms with E-state index in [1.54, 1.807) is 19.1 Å². The van der Waals surface area contributed by atoms with E-state index in [1.807, 2.05) is 12.1 Å². The van der Waals surface area contributed by atoms with Crippen LogP contribution in [0.4, 0.5) is 0 Å². The molecule has 0 saturated carbocycles. The van der Waals surface area contributed by atoms with Crippen molar-refractivity contribution >= 4 is 17.6 Å². The van der Waals surface area contributed by atoms with Crippen LogP contribution in [0.1, 0.15) is 34.8 Å². The summed E-state index contributed by atoms with van der Waals surface area (Å²) in [5.74, 6) is 0.0909. The van der Waals surface area contributed by atoms with Crippen molar-refractivity contribution in [2.45, 2.75) is 19.8 Å². The molecule has 0 bridgehead atoms. The van der Waals surface area contributed by atoms with E-state index < -0.39 is 5.97 Å². The van der Waals surface area contributed by atoms with Gasteiger partial charge in [-0.05, 0) is 31.4 Å². The Morgan fingerprint density at radius 2 is 2.29 bits per heavy atom. The Kier molecular flexibility index (Phi) is 5.51. The molecule has 0 N–H and O–H groups in total. The zero-order chi connectivity index (χ0) is 12.7. The highest BCUT2D eigenvalue weighted by atomic mass is 35.5. The highest BCUT2D eigenvalue weighted by Gasteiger charge is 2.16. The number of hydrogen-bond acceptors (Lipinski definition) is 3. The van der Waals surface area contributed by atoms with E-state index >= 15 is 0 Å². The molecule has 4 heteroatoms. The third kappa shape index (κ3) is 3.47. The standard InChI is InChI=1S/C13H14ClNO2/c1-2-17-13(16)12-10(7-4-8-14)5-3-6-11(12)9-15/h3,5-6H,2,4,7-8H2,1H3. The van der Waals surface area contributed by atoms with Gasteiger partial charge in [0.1, 0.15) is 6.07 Å². The number of aryl methyl sites for hydroxylation is 1. The van der Waals surface area contributed by atoms with E-state index in [-0.39, 0.29) is 0 Å². The number of nitriles is 1. The van der Waals surface area contributed by atoms with Crippen molar-refractivity contribution in [1.82, 2.24) is 0 Å². The van der Waals surface area contributed by atoms with Crippen molar-refractivity contribution in [2.75, 3.05) is 12.5 Å². The Bertz CT molecular complexity index is 438. The fourth-order valence-electron chi connectivity index (χ4n) is 1.60. The van der Waals surface area contributed by atoms with Crippen LogP contribution in [0, 0.1) is 11.3 Å². The highest BCUT2D eigenvalue weighted by molar-refractivity contribution is 6.17. The first-order chi connectivity index (χ1) is 8.24. The molecule has 1 aromatic rings. The van der Waals surface area contributed by atoms with Crippen molar-refractivity contribution in [2.24, 2.45) is 0 Å². The first-order valence-electron chi connectivity index (χ1n) is 5.49. The number of carbonyl (C=O) groups is 1. The molecule has 0 aliphatic rings. The van der Waals surface area contributed by atoms with Crippen molar-refractivity contribution < 1.29 is 9.53 Å². The third-order valence-corrected chi connectivity index (χ3v) is 2.60. The van der Waals surface area contributed by atoms with Gasteiger partial charge in [0, 0.05) is 5.88 Å². The van der Waals surface area contributed by atoms with Crippen LogP contribution in [0.5, 0.6) is 0 Å². The number of ether oxygens (including phenoxy) is 1. The second kappa shape index (κ2) is 6.93. The summed E-state index contributed by atoms with van der Waals surface area (Å²) in [6, 6.07) is 7.24.